The van der Waals surface area contributed by atoms with Gasteiger partial charge in [0.05, 0.1) is 11.4 Å². The van der Waals surface area contributed by atoms with Crippen molar-refractivity contribution < 1.29 is 18.0 Å². The maximum Gasteiger partial charge on any atom is 0.312 e. The van der Waals surface area contributed by atoms with Crippen molar-refractivity contribution in [3.8, 4) is 0 Å². The summed E-state index contributed by atoms with van der Waals surface area (Å²) in [6, 6.07) is 5.90. The molecule has 8 nitrogen and oxygen atoms in total. The van der Waals surface area contributed by atoms with Crippen LogP contribution in [0.5, 0.6) is 0 Å². The van der Waals surface area contributed by atoms with Gasteiger partial charge in [0, 0.05) is 26.2 Å². The Morgan fingerprint density at radius 3 is 2.22 bits per heavy atom. The second kappa shape index (κ2) is 6.97. The molecule has 3 N–H and O–H groups in total. The van der Waals surface area contributed by atoms with Crippen molar-refractivity contribution in [3.05, 3.63) is 29.8 Å². The van der Waals surface area contributed by atoms with E-state index in [0.717, 1.165) is 5.56 Å². The van der Waals surface area contributed by atoms with E-state index in [-0.39, 0.29) is 43.5 Å². The van der Waals surface area contributed by atoms with Gasteiger partial charge in [0.25, 0.3) is 0 Å². The van der Waals surface area contributed by atoms with Crippen molar-refractivity contribution >= 4 is 22.0 Å². The molecule has 126 valence electrons. The minimum absolute atomic E-state index is 0.181. The number of hydrogen-bond donors (Lipinski definition) is 2. The summed E-state index contributed by atoms with van der Waals surface area (Å²) in [5.74, 6) is -0.281. The van der Waals surface area contributed by atoms with Gasteiger partial charge in [-0.3, -0.25) is 4.79 Å². The molecule has 1 saturated heterocycles. The standard InChI is InChI=1S/C14H20N4O4S/c1-11-2-4-12(5-3-11)23(21,22)18-8-6-17(7-9-18)13(19)10-16-14(15)20/h2-5H,6-10H2,1H3,(H3,15,16,20). The van der Waals surface area contributed by atoms with E-state index >= 15 is 0 Å². The van der Waals surface area contributed by atoms with Crippen LogP contribution in [0.4, 0.5) is 4.79 Å². The number of nitrogens with two attached hydrogens (primary N) is 1. The molecule has 0 aromatic heterocycles. The number of nitrogens with one attached hydrogen (secondary N) is 1. The number of carbonyl (C=O) groups is 2. The monoisotopic (exact) mass is 340 g/mol. The van der Waals surface area contributed by atoms with Crippen LogP contribution in [0.2, 0.25) is 0 Å². The Bertz CT molecular complexity index is 679. The number of carbonyl (C=O) groups excluding carboxylic acids is 2. The summed E-state index contributed by atoms with van der Waals surface area (Å²) in [4.78, 5) is 24.2. The van der Waals surface area contributed by atoms with E-state index in [0.29, 0.717) is 0 Å². The van der Waals surface area contributed by atoms with E-state index in [1.807, 2.05) is 6.92 Å². The van der Waals surface area contributed by atoms with E-state index in [9.17, 15) is 18.0 Å². The molecule has 3 amide bonds. The average molecular weight is 340 g/mol. The van der Waals surface area contributed by atoms with Gasteiger partial charge >= 0.3 is 6.03 Å². The number of piperazine rings is 1. The van der Waals surface area contributed by atoms with Crippen LogP contribution >= 0.6 is 0 Å². The van der Waals surface area contributed by atoms with Crippen LogP contribution in [0, 0.1) is 6.92 Å². The predicted octanol–water partition coefficient (Wildman–Crippen LogP) is -0.504. The first-order valence-electron chi connectivity index (χ1n) is 7.18. The van der Waals surface area contributed by atoms with Crippen LogP contribution in [-0.2, 0) is 14.8 Å². The van der Waals surface area contributed by atoms with Crippen molar-refractivity contribution in [2.24, 2.45) is 5.73 Å². The van der Waals surface area contributed by atoms with Crippen LogP contribution in [-0.4, -0.2) is 62.3 Å². The number of nitrogens with zero attached hydrogens (tertiary/aromatic N) is 2. The van der Waals surface area contributed by atoms with Crippen LogP contribution in [0.25, 0.3) is 0 Å². The van der Waals surface area contributed by atoms with Crippen LogP contribution < -0.4 is 11.1 Å². The molecular weight excluding hydrogens is 320 g/mol. The molecule has 0 atom stereocenters. The third-order valence-corrected chi connectivity index (χ3v) is 5.58. The van der Waals surface area contributed by atoms with E-state index in [1.54, 1.807) is 24.3 Å². The maximum absolute atomic E-state index is 12.5. The SMILES string of the molecule is Cc1ccc(S(=O)(=O)N2CCN(C(=O)CNC(N)=O)CC2)cc1. The summed E-state index contributed by atoms with van der Waals surface area (Å²) in [7, 11) is -3.55. The van der Waals surface area contributed by atoms with Crippen LogP contribution in [0.3, 0.4) is 0 Å². The van der Waals surface area contributed by atoms with Gasteiger partial charge in [0.15, 0.2) is 0 Å². The van der Waals surface area contributed by atoms with Gasteiger partial charge in [-0.25, -0.2) is 13.2 Å². The molecule has 9 heteroatoms. The lowest BCUT2D eigenvalue weighted by molar-refractivity contribution is -0.131. The second-order valence-electron chi connectivity index (χ2n) is 5.32. The Morgan fingerprint density at radius 1 is 1.13 bits per heavy atom. The quantitative estimate of drug-likeness (QED) is 0.769. The fourth-order valence-corrected chi connectivity index (χ4v) is 3.73. The molecule has 1 aromatic carbocycles. The van der Waals surface area contributed by atoms with E-state index < -0.39 is 16.1 Å². The average Bonchev–Trinajstić information content (AvgIpc) is 2.53. The highest BCUT2D eigenvalue weighted by atomic mass is 32.2. The Kier molecular flexibility index (Phi) is 5.22. The number of amides is 3. The third-order valence-electron chi connectivity index (χ3n) is 3.66. The minimum atomic E-state index is -3.55. The lowest BCUT2D eigenvalue weighted by atomic mass is 10.2. The van der Waals surface area contributed by atoms with E-state index in [2.05, 4.69) is 5.32 Å². The second-order valence-corrected chi connectivity index (χ2v) is 7.25. The lowest BCUT2D eigenvalue weighted by Gasteiger charge is -2.34. The molecule has 2 rings (SSSR count). The number of sulfonamides is 1. The lowest BCUT2D eigenvalue weighted by Crippen LogP contribution is -2.52. The minimum Gasteiger partial charge on any atom is -0.352 e. The van der Waals surface area contributed by atoms with Crippen LogP contribution in [0.1, 0.15) is 5.56 Å². The zero-order valence-electron chi connectivity index (χ0n) is 12.9. The largest absolute Gasteiger partial charge is 0.352 e. The molecule has 1 aromatic rings. The van der Waals surface area contributed by atoms with Gasteiger partial charge in [0.2, 0.25) is 15.9 Å². The summed E-state index contributed by atoms with van der Waals surface area (Å²) in [6.07, 6.45) is 0. The van der Waals surface area contributed by atoms with Gasteiger partial charge < -0.3 is 16.0 Å². The summed E-state index contributed by atoms with van der Waals surface area (Å²) < 4.78 is 26.4. The number of primary amides is 1. The van der Waals surface area contributed by atoms with E-state index in [4.69, 9.17) is 5.73 Å². The van der Waals surface area contributed by atoms with Crippen molar-refractivity contribution in [1.29, 1.82) is 0 Å². The normalized spacial score (nSPS) is 16.1. The number of aryl methyl sites for hydroxylation is 1. The number of urea groups is 1. The molecule has 0 radical (unpaired) electrons. The summed E-state index contributed by atoms with van der Waals surface area (Å²) >= 11 is 0. The predicted molar refractivity (Wildman–Crippen MR) is 84.1 cm³/mol. The van der Waals surface area contributed by atoms with Gasteiger partial charge in [-0.2, -0.15) is 4.31 Å². The van der Waals surface area contributed by atoms with Gasteiger partial charge in [-0.05, 0) is 19.1 Å². The molecule has 0 bridgehead atoms. The zero-order valence-corrected chi connectivity index (χ0v) is 13.7. The highest BCUT2D eigenvalue weighted by Gasteiger charge is 2.29. The van der Waals surface area contributed by atoms with Crippen molar-refractivity contribution in [3.63, 3.8) is 0 Å². The maximum atomic E-state index is 12.5. The highest BCUT2D eigenvalue weighted by Crippen LogP contribution is 2.18. The summed E-state index contributed by atoms with van der Waals surface area (Å²) in [5, 5.41) is 2.23. The Labute approximate surface area is 135 Å². The first-order valence-corrected chi connectivity index (χ1v) is 8.62. The summed E-state index contributed by atoms with van der Waals surface area (Å²) in [6.45, 7) is 2.72. The van der Waals surface area contributed by atoms with E-state index in [1.165, 1.54) is 9.21 Å². The van der Waals surface area contributed by atoms with Gasteiger partial charge in [0.1, 0.15) is 0 Å². The fraction of sp³-hybridized carbons (Fsp3) is 0.429. The van der Waals surface area contributed by atoms with Gasteiger partial charge in [-0.15, -0.1) is 0 Å². The molecule has 1 aliphatic rings. The first kappa shape index (κ1) is 17.2. The third kappa shape index (κ3) is 4.20. The molecule has 0 aliphatic carbocycles. The molecule has 1 fully saturated rings. The summed E-state index contributed by atoms with van der Waals surface area (Å²) in [5.41, 5.74) is 5.90. The molecular formula is C14H20N4O4S. The zero-order chi connectivity index (χ0) is 17.0. The molecule has 1 aliphatic heterocycles. The molecule has 23 heavy (non-hydrogen) atoms. The molecule has 0 unspecified atom stereocenters. The first-order chi connectivity index (χ1) is 10.8. The molecule has 1 heterocycles. The number of hydrogen-bond acceptors (Lipinski definition) is 4. The van der Waals surface area contributed by atoms with Crippen molar-refractivity contribution in [2.75, 3.05) is 32.7 Å². The fourth-order valence-electron chi connectivity index (χ4n) is 2.31. The smallest absolute Gasteiger partial charge is 0.312 e. The Balaban J connectivity index is 1.97. The Hall–Kier alpha value is -2.13. The number of rotatable bonds is 4. The van der Waals surface area contributed by atoms with Crippen molar-refractivity contribution in [1.82, 2.24) is 14.5 Å². The van der Waals surface area contributed by atoms with Gasteiger partial charge in [-0.1, -0.05) is 17.7 Å². The Morgan fingerprint density at radius 2 is 1.70 bits per heavy atom. The van der Waals surface area contributed by atoms with Crippen molar-refractivity contribution in [2.45, 2.75) is 11.8 Å². The topological polar surface area (TPSA) is 113 Å². The van der Waals surface area contributed by atoms with Crippen LogP contribution in [0.15, 0.2) is 29.2 Å². The molecule has 0 saturated carbocycles. The number of benzene rings is 1. The highest BCUT2D eigenvalue weighted by molar-refractivity contribution is 7.89. The molecule has 0 spiro atoms.